The zero-order valence-electron chi connectivity index (χ0n) is 15.4. The monoisotopic (exact) mass is 358 g/mol. The first kappa shape index (κ1) is 17.4. The van der Waals surface area contributed by atoms with Gasteiger partial charge in [0.05, 0.1) is 6.54 Å². The van der Waals surface area contributed by atoms with Crippen LogP contribution in [0.25, 0.3) is 0 Å². The molecule has 0 amide bonds. The summed E-state index contributed by atoms with van der Waals surface area (Å²) in [5, 5.41) is 8.96. The summed E-state index contributed by atoms with van der Waals surface area (Å²) in [7, 11) is 2.08. The van der Waals surface area contributed by atoms with Crippen LogP contribution in [0.15, 0.2) is 18.3 Å². The number of rotatable bonds is 4. The second-order valence-corrected chi connectivity index (χ2v) is 7.44. The van der Waals surface area contributed by atoms with E-state index in [0.717, 1.165) is 57.2 Å². The first-order valence-corrected chi connectivity index (χ1v) is 9.68. The lowest BCUT2D eigenvalue weighted by Crippen LogP contribution is -2.35. The molecule has 2 aliphatic heterocycles. The first-order chi connectivity index (χ1) is 12.7. The highest BCUT2D eigenvalue weighted by Gasteiger charge is 2.27. The van der Waals surface area contributed by atoms with E-state index >= 15 is 0 Å². The summed E-state index contributed by atoms with van der Waals surface area (Å²) < 4.78 is 16.1. The summed E-state index contributed by atoms with van der Waals surface area (Å²) in [5.41, 5.74) is 0. The van der Waals surface area contributed by atoms with Gasteiger partial charge in [-0.1, -0.05) is 6.42 Å². The van der Waals surface area contributed by atoms with Crippen molar-refractivity contribution in [3.05, 3.63) is 35.8 Å². The van der Waals surface area contributed by atoms with E-state index in [2.05, 4.69) is 31.7 Å². The lowest BCUT2D eigenvalue weighted by Gasteiger charge is -2.32. The van der Waals surface area contributed by atoms with Crippen LogP contribution in [0.4, 0.5) is 10.2 Å². The van der Waals surface area contributed by atoms with Gasteiger partial charge in [-0.05, 0) is 50.9 Å². The van der Waals surface area contributed by atoms with Crippen LogP contribution in [-0.4, -0.2) is 50.8 Å². The van der Waals surface area contributed by atoms with E-state index in [-0.39, 0.29) is 5.82 Å². The third-order valence-corrected chi connectivity index (χ3v) is 5.71. The smallest absolute Gasteiger partial charge is 0.165 e. The van der Waals surface area contributed by atoms with Gasteiger partial charge >= 0.3 is 0 Å². The molecule has 2 aliphatic rings. The molecule has 140 valence electrons. The lowest BCUT2D eigenvalue weighted by atomic mass is 9.96. The van der Waals surface area contributed by atoms with Crippen LogP contribution < -0.4 is 4.90 Å². The molecular formula is C19H27FN6. The summed E-state index contributed by atoms with van der Waals surface area (Å²) in [6.45, 7) is 4.81. The molecule has 6 nitrogen and oxygen atoms in total. The Kier molecular flexibility index (Phi) is 5.15. The summed E-state index contributed by atoms with van der Waals surface area (Å²) >= 11 is 0. The van der Waals surface area contributed by atoms with Gasteiger partial charge in [-0.2, -0.15) is 0 Å². The quantitative estimate of drug-likeness (QED) is 0.841. The molecule has 0 aromatic carbocycles. The van der Waals surface area contributed by atoms with E-state index < -0.39 is 0 Å². The summed E-state index contributed by atoms with van der Waals surface area (Å²) in [5.74, 6) is 2.73. The number of pyridine rings is 1. The van der Waals surface area contributed by atoms with E-state index in [1.807, 2.05) is 4.90 Å². The molecule has 0 unspecified atom stereocenters. The number of anilines is 1. The topological polar surface area (TPSA) is 50.1 Å². The van der Waals surface area contributed by atoms with E-state index in [1.165, 1.54) is 25.3 Å². The minimum Gasteiger partial charge on any atom is -0.354 e. The SMILES string of the molecule is Cn1c(CN2CCCCC2)nnc1C1CCN(c2ncccc2F)CC1. The second-order valence-electron chi connectivity index (χ2n) is 7.44. The third-order valence-electron chi connectivity index (χ3n) is 5.71. The van der Waals surface area contributed by atoms with Gasteiger partial charge in [0.2, 0.25) is 0 Å². The Morgan fingerprint density at radius 3 is 2.58 bits per heavy atom. The Morgan fingerprint density at radius 1 is 1.08 bits per heavy atom. The Balaban J connectivity index is 1.39. The van der Waals surface area contributed by atoms with Crippen molar-refractivity contribution in [1.29, 1.82) is 0 Å². The average molecular weight is 358 g/mol. The van der Waals surface area contributed by atoms with Crippen molar-refractivity contribution < 1.29 is 4.39 Å². The summed E-state index contributed by atoms with van der Waals surface area (Å²) in [6, 6.07) is 3.11. The van der Waals surface area contributed by atoms with Gasteiger partial charge in [0, 0.05) is 32.3 Å². The van der Waals surface area contributed by atoms with Crippen LogP contribution in [0.1, 0.15) is 49.7 Å². The van der Waals surface area contributed by atoms with Crippen LogP contribution in [-0.2, 0) is 13.6 Å². The van der Waals surface area contributed by atoms with E-state index in [1.54, 1.807) is 12.3 Å². The highest BCUT2D eigenvalue weighted by atomic mass is 19.1. The molecule has 4 heterocycles. The minimum atomic E-state index is -0.242. The maximum absolute atomic E-state index is 13.9. The Morgan fingerprint density at radius 2 is 1.85 bits per heavy atom. The predicted octanol–water partition coefficient (Wildman–Crippen LogP) is 2.72. The van der Waals surface area contributed by atoms with Gasteiger partial charge in [0.1, 0.15) is 11.6 Å². The molecule has 0 saturated carbocycles. The molecule has 7 heteroatoms. The summed E-state index contributed by atoms with van der Waals surface area (Å²) in [6.07, 6.45) is 7.47. The number of aromatic nitrogens is 4. The van der Waals surface area contributed by atoms with Crippen molar-refractivity contribution in [2.24, 2.45) is 7.05 Å². The molecule has 0 spiro atoms. The summed E-state index contributed by atoms with van der Waals surface area (Å²) in [4.78, 5) is 8.71. The number of likely N-dealkylation sites (tertiary alicyclic amines) is 1. The molecular weight excluding hydrogens is 331 g/mol. The van der Waals surface area contributed by atoms with Crippen molar-refractivity contribution in [3.8, 4) is 0 Å². The maximum atomic E-state index is 13.9. The van der Waals surface area contributed by atoms with Crippen molar-refractivity contribution >= 4 is 5.82 Å². The van der Waals surface area contributed by atoms with Crippen molar-refractivity contribution in [2.45, 2.75) is 44.6 Å². The number of halogens is 1. The predicted molar refractivity (Wildman–Crippen MR) is 98.5 cm³/mol. The van der Waals surface area contributed by atoms with E-state index in [9.17, 15) is 4.39 Å². The Hall–Kier alpha value is -2.02. The Labute approximate surface area is 154 Å². The fraction of sp³-hybridized carbons (Fsp3) is 0.632. The molecule has 2 fully saturated rings. The van der Waals surface area contributed by atoms with E-state index in [0.29, 0.717) is 11.7 Å². The number of nitrogens with zero attached hydrogens (tertiary/aromatic N) is 6. The van der Waals surface area contributed by atoms with Crippen LogP contribution in [0.3, 0.4) is 0 Å². The second kappa shape index (κ2) is 7.70. The molecule has 2 saturated heterocycles. The zero-order chi connectivity index (χ0) is 17.9. The maximum Gasteiger partial charge on any atom is 0.165 e. The average Bonchev–Trinajstić information content (AvgIpc) is 3.04. The Bertz CT molecular complexity index is 731. The van der Waals surface area contributed by atoms with Crippen molar-refractivity contribution in [1.82, 2.24) is 24.6 Å². The number of hydrogen-bond donors (Lipinski definition) is 0. The molecule has 0 N–H and O–H groups in total. The molecule has 0 atom stereocenters. The minimum absolute atomic E-state index is 0.242. The van der Waals surface area contributed by atoms with Crippen molar-refractivity contribution in [2.75, 3.05) is 31.1 Å². The molecule has 26 heavy (non-hydrogen) atoms. The van der Waals surface area contributed by atoms with Crippen LogP contribution in [0.5, 0.6) is 0 Å². The van der Waals surface area contributed by atoms with E-state index in [4.69, 9.17) is 0 Å². The van der Waals surface area contributed by atoms with Crippen LogP contribution in [0.2, 0.25) is 0 Å². The molecule has 2 aromatic heterocycles. The largest absolute Gasteiger partial charge is 0.354 e. The van der Waals surface area contributed by atoms with Crippen LogP contribution in [0, 0.1) is 5.82 Å². The lowest BCUT2D eigenvalue weighted by molar-refractivity contribution is 0.213. The normalized spacial score (nSPS) is 19.8. The van der Waals surface area contributed by atoms with Gasteiger partial charge in [0.25, 0.3) is 0 Å². The number of piperidine rings is 2. The highest BCUT2D eigenvalue weighted by molar-refractivity contribution is 5.40. The number of hydrogen-bond acceptors (Lipinski definition) is 5. The fourth-order valence-corrected chi connectivity index (χ4v) is 4.15. The standard InChI is InChI=1S/C19H27FN6/c1-24-17(14-25-10-3-2-4-11-25)22-23-18(24)15-7-12-26(13-8-15)19-16(20)6-5-9-21-19/h5-6,9,15H,2-4,7-8,10-14H2,1H3. The van der Waals surface area contributed by atoms with Gasteiger partial charge in [-0.25, -0.2) is 9.37 Å². The fourth-order valence-electron chi connectivity index (χ4n) is 4.15. The molecule has 0 radical (unpaired) electrons. The highest BCUT2D eigenvalue weighted by Crippen LogP contribution is 2.30. The molecule has 2 aromatic rings. The van der Waals surface area contributed by atoms with Crippen molar-refractivity contribution in [3.63, 3.8) is 0 Å². The molecule has 0 aliphatic carbocycles. The van der Waals surface area contributed by atoms with Gasteiger partial charge < -0.3 is 9.47 Å². The zero-order valence-corrected chi connectivity index (χ0v) is 15.4. The van der Waals surface area contributed by atoms with Gasteiger partial charge in [-0.15, -0.1) is 10.2 Å². The third kappa shape index (κ3) is 3.58. The van der Waals surface area contributed by atoms with Crippen LogP contribution >= 0.6 is 0 Å². The molecule has 4 rings (SSSR count). The first-order valence-electron chi connectivity index (χ1n) is 9.68. The van der Waals surface area contributed by atoms with Gasteiger partial charge in [-0.3, -0.25) is 4.90 Å². The van der Waals surface area contributed by atoms with Gasteiger partial charge in [0.15, 0.2) is 11.6 Å². The molecule has 0 bridgehead atoms.